The number of carbonyl (C=O) groups is 1. The van der Waals surface area contributed by atoms with Crippen LogP contribution in [-0.2, 0) is 20.8 Å². The Kier molecular flexibility index (Phi) is 8.58. The monoisotopic (exact) mass is 817 g/mol. The molecule has 16 nitrogen and oxygen atoms in total. The number of fused-ring (bicyclic) bond motifs is 8. The number of nitrogens with zero attached hydrogens (tertiary/aromatic N) is 12. The van der Waals surface area contributed by atoms with E-state index in [1.807, 2.05) is 36.1 Å². The van der Waals surface area contributed by atoms with E-state index in [1.54, 1.807) is 31.5 Å². The van der Waals surface area contributed by atoms with Crippen LogP contribution in [0.5, 0.6) is 0 Å². The summed E-state index contributed by atoms with van der Waals surface area (Å²) >= 11 is 0. The molecule has 5 fully saturated rings. The van der Waals surface area contributed by atoms with E-state index in [2.05, 4.69) is 31.7 Å². The third kappa shape index (κ3) is 5.89. The highest BCUT2D eigenvalue weighted by Crippen LogP contribution is 2.42. The van der Waals surface area contributed by atoms with E-state index in [0.29, 0.717) is 79.3 Å². The average molecular weight is 818 g/mol. The van der Waals surface area contributed by atoms with Crippen molar-refractivity contribution in [2.45, 2.75) is 69.0 Å². The number of rotatable bonds is 5. The lowest BCUT2D eigenvalue weighted by molar-refractivity contribution is -0.146. The molecule has 5 aromatic heterocycles. The van der Waals surface area contributed by atoms with Gasteiger partial charge < -0.3 is 34.1 Å². The van der Waals surface area contributed by atoms with Gasteiger partial charge in [0.15, 0.2) is 11.5 Å². The summed E-state index contributed by atoms with van der Waals surface area (Å²) in [4.78, 5) is 48.5. The van der Waals surface area contributed by atoms with Crippen LogP contribution in [0.2, 0.25) is 0 Å². The van der Waals surface area contributed by atoms with Crippen molar-refractivity contribution in [1.29, 1.82) is 0 Å². The Morgan fingerprint density at radius 3 is 2.57 bits per heavy atom. The van der Waals surface area contributed by atoms with Gasteiger partial charge in [-0.1, -0.05) is 6.07 Å². The average Bonchev–Trinajstić information content (AvgIpc) is 3.93. The number of nitrogens with one attached hydrogen (secondary N) is 1. The lowest BCUT2D eigenvalue weighted by Gasteiger charge is -2.61. The van der Waals surface area contributed by atoms with Gasteiger partial charge in [-0.05, 0) is 57.0 Å². The molecule has 0 aliphatic carbocycles. The van der Waals surface area contributed by atoms with Gasteiger partial charge in [-0.2, -0.15) is 15.1 Å². The molecule has 0 radical (unpaired) electrons. The molecule has 0 spiro atoms. The Bertz CT molecular complexity index is 2670. The van der Waals surface area contributed by atoms with Gasteiger partial charge in [-0.15, -0.1) is 0 Å². The van der Waals surface area contributed by atoms with E-state index in [9.17, 15) is 9.18 Å². The first kappa shape index (κ1) is 37.2. The van der Waals surface area contributed by atoms with Crippen molar-refractivity contribution >= 4 is 45.6 Å². The molecule has 5 atom stereocenters. The molecule has 310 valence electrons. The lowest BCUT2D eigenvalue weighted by atomic mass is 9.83. The molecule has 12 rings (SSSR count). The highest BCUT2D eigenvalue weighted by Gasteiger charge is 2.52. The summed E-state index contributed by atoms with van der Waals surface area (Å²) in [5.74, 6) is 0.874. The first-order chi connectivity index (χ1) is 29.0. The zero-order valence-electron chi connectivity index (χ0n) is 33.8. The maximum absolute atomic E-state index is 15.5. The standard InChI is InChI=1S/C42H45F2N13O3/c1-23-47-32-10-11-45-36-31-6-5-7-35(49-31)48-25-13-34(40(58)52(3)19-28(59-4)20-54(23)37(32)36)55(16-25)38-29-15-46-57(33-9-8-24(43)12-30(33)44)39(29)51-41(50-38)56-26-14-27(56)18-53(17-26)42(2)21-60-22-42/h5-12,15,25-28,34H,13-14,16-22H2,1-4H3,(H,48,49)/t25?,26?,27?,28-,34-/m0/s1. The molecule has 5 saturated heterocycles. The third-order valence-corrected chi connectivity index (χ3v) is 13.2. The number of aryl methyl sites for hydroxylation is 1. The summed E-state index contributed by atoms with van der Waals surface area (Å²) in [5, 5.41) is 8.80. The fourth-order valence-electron chi connectivity index (χ4n) is 9.94. The molecule has 6 aromatic rings. The summed E-state index contributed by atoms with van der Waals surface area (Å²) in [7, 11) is 3.46. The summed E-state index contributed by atoms with van der Waals surface area (Å²) in [6.45, 7) is 8.41. The fourth-order valence-corrected chi connectivity index (χ4v) is 9.94. The van der Waals surface area contributed by atoms with Crippen LogP contribution in [0.15, 0.2) is 54.9 Å². The number of hydrogen-bond acceptors (Lipinski definition) is 13. The first-order valence-electron chi connectivity index (χ1n) is 20.5. The number of ether oxygens (including phenoxy) is 2. The summed E-state index contributed by atoms with van der Waals surface area (Å²) in [6, 6.07) is 10.5. The van der Waals surface area contributed by atoms with Crippen LogP contribution >= 0.6 is 0 Å². The number of likely N-dealkylation sites (N-methyl/N-ethyl adjacent to an activating group) is 1. The number of aromatic nitrogens is 8. The number of anilines is 3. The third-order valence-electron chi connectivity index (χ3n) is 13.2. The molecular formula is C42H45F2N13O3. The number of hydrogen-bond donors (Lipinski definition) is 1. The van der Waals surface area contributed by atoms with Crippen LogP contribution in [0.1, 0.15) is 25.6 Å². The maximum atomic E-state index is 15.5. The van der Waals surface area contributed by atoms with Gasteiger partial charge in [-0.25, -0.2) is 23.4 Å². The van der Waals surface area contributed by atoms with E-state index in [-0.39, 0.29) is 41.4 Å². The summed E-state index contributed by atoms with van der Waals surface area (Å²) in [5.41, 5.74) is 3.48. The predicted octanol–water partition coefficient (Wildman–Crippen LogP) is 3.81. The Balaban J connectivity index is 1.02. The van der Waals surface area contributed by atoms with E-state index in [1.165, 1.54) is 16.8 Å². The van der Waals surface area contributed by atoms with E-state index < -0.39 is 17.7 Å². The number of benzene rings is 1. The Morgan fingerprint density at radius 1 is 0.967 bits per heavy atom. The number of piperazine rings is 1. The number of halogens is 2. The Morgan fingerprint density at radius 2 is 1.80 bits per heavy atom. The lowest BCUT2D eigenvalue weighted by Crippen LogP contribution is -2.75. The molecule has 6 bridgehead atoms. The molecule has 3 unspecified atom stereocenters. The van der Waals surface area contributed by atoms with Gasteiger partial charge in [0.2, 0.25) is 11.9 Å². The highest BCUT2D eigenvalue weighted by atomic mass is 19.1. The molecule has 1 aromatic carbocycles. The fraction of sp³-hybridized carbons (Fsp3) is 0.452. The molecule has 0 saturated carbocycles. The van der Waals surface area contributed by atoms with Gasteiger partial charge >= 0.3 is 0 Å². The quantitative estimate of drug-likeness (QED) is 0.269. The highest BCUT2D eigenvalue weighted by molar-refractivity contribution is 5.94. The van der Waals surface area contributed by atoms with Crippen molar-refractivity contribution in [2.75, 3.05) is 68.7 Å². The zero-order valence-corrected chi connectivity index (χ0v) is 33.8. The summed E-state index contributed by atoms with van der Waals surface area (Å²) < 4.78 is 44.8. The Hall–Kier alpha value is -5.85. The maximum Gasteiger partial charge on any atom is 0.245 e. The molecular weight excluding hydrogens is 773 g/mol. The predicted molar refractivity (Wildman–Crippen MR) is 219 cm³/mol. The zero-order chi connectivity index (χ0) is 41.0. The van der Waals surface area contributed by atoms with Gasteiger partial charge in [-0.3, -0.25) is 14.7 Å². The van der Waals surface area contributed by atoms with E-state index >= 15 is 4.39 Å². The molecule has 6 aliphatic heterocycles. The van der Waals surface area contributed by atoms with Crippen LogP contribution in [0.25, 0.3) is 39.1 Å². The molecule has 1 N–H and O–H groups in total. The van der Waals surface area contributed by atoms with Crippen molar-refractivity contribution in [2.24, 2.45) is 0 Å². The van der Waals surface area contributed by atoms with Crippen molar-refractivity contribution in [3.05, 3.63) is 72.3 Å². The van der Waals surface area contributed by atoms with Gasteiger partial charge in [0.05, 0.1) is 59.7 Å². The van der Waals surface area contributed by atoms with Crippen molar-refractivity contribution in [3.63, 3.8) is 0 Å². The summed E-state index contributed by atoms with van der Waals surface area (Å²) in [6.07, 6.45) is 4.41. The number of imidazole rings is 1. The minimum atomic E-state index is -0.769. The van der Waals surface area contributed by atoms with Gasteiger partial charge in [0, 0.05) is 70.7 Å². The normalized spacial score (nSPS) is 25.2. The minimum Gasteiger partial charge on any atom is -0.378 e. The minimum absolute atomic E-state index is 0.00738. The molecule has 1 amide bonds. The molecule has 6 aliphatic rings. The second-order valence-corrected chi connectivity index (χ2v) is 17.1. The SMILES string of the molecule is CO[C@H]1CN(C)C(=O)[C@@H]2CC(CN2c2nc(N3C4CC3CN(C3(C)COC3)C4)nc3c2cnn3-c2ccc(F)cc2F)Nc2cccc(n2)-c2nccc3nc(C)n(c23)C1. The second kappa shape index (κ2) is 13.9. The van der Waals surface area contributed by atoms with Crippen molar-refractivity contribution in [3.8, 4) is 17.1 Å². The largest absolute Gasteiger partial charge is 0.378 e. The number of amides is 1. The van der Waals surface area contributed by atoms with Crippen molar-refractivity contribution < 1.29 is 23.0 Å². The van der Waals surface area contributed by atoms with Crippen LogP contribution in [0.4, 0.5) is 26.4 Å². The van der Waals surface area contributed by atoms with E-state index in [0.717, 1.165) is 42.4 Å². The molecule has 18 heteroatoms. The second-order valence-electron chi connectivity index (χ2n) is 17.1. The number of piperidine rings is 1. The van der Waals surface area contributed by atoms with Crippen LogP contribution in [0, 0.1) is 18.6 Å². The molecule has 60 heavy (non-hydrogen) atoms. The molecule has 11 heterocycles. The topological polar surface area (TPSA) is 148 Å². The number of methoxy groups -OCH3 is 1. The van der Waals surface area contributed by atoms with Crippen LogP contribution in [-0.4, -0.2) is 144 Å². The van der Waals surface area contributed by atoms with Crippen LogP contribution < -0.4 is 15.1 Å². The Labute approximate surface area is 344 Å². The number of pyridine rings is 2. The first-order valence-corrected chi connectivity index (χ1v) is 20.5. The number of carbonyl (C=O) groups excluding carboxylic acids is 1. The van der Waals surface area contributed by atoms with Gasteiger partial charge in [0.1, 0.15) is 40.7 Å². The van der Waals surface area contributed by atoms with Gasteiger partial charge in [0.25, 0.3) is 0 Å². The van der Waals surface area contributed by atoms with Crippen LogP contribution in [0.3, 0.4) is 0 Å². The van der Waals surface area contributed by atoms with E-state index in [4.69, 9.17) is 34.4 Å². The van der Waals surface area contributed by atoms with Crippen molar-refractivity contribution in [1.82, 2.24) is 49.1 Å². The smallest absolute Gasteiger partial charge is 0.245 e.